The van der Waals surface area contributed by atoms with Gasteiger partial charge in [-0.05, 0) is 24.3 Å². The van der Waals surface area contributed by atoms with Crippen LogP contribution >= 0.6 is 0 Å². The first-order valence-corrected chi connectivity index (χ1v) is 9.18. The molecule has 1 unspecified atom stereocenters. The van der Waals surface area contributed by atoms with Crippen molar-refractivity contribution < 1.29 is 4.79 Å². The number of hydrogen-bond donors (Lipinski definition) is 2. The molecule has 0 spiro atoms. The second kappa shape index (κ2) is 8.88. The van der Waals surface area contributed by atoms with Gasteiger partial charge in [0.25, 0.3) is 0 Å². The Morgan fingerprint density at radius 1 is 1.20 bits per heavy atom. The molecule has 0 bridgehead atoms. The van der Waals surface area contributed by atoms with Crippen molar-refractivity contribution in [2.45, 2.75) is 33.6 Å². The van der Waals surface area contributed by atoms with Crippen LogP contribution in [-0.2, 0) is 11.2 Å². The minimum absolute atomic E-state index is 0.0772. The Morgan fingerprint density at radius 3 is 2.52 bits per heavy atom. The van der Waals surface area contributed by atoms with Gasteiger partial charge in [0.05, 0.1) is 0 Å². The smallest absolute Gasteiger partial charge is 0.225 e. The molecule has 1 atom stereocenters. The van der Waals surface area contributed by atoms with Gasteiger partial charge < -0.3 is 15.5 Å². The van der Waals surface area contributed by atoms with Crippen LogP contribution in [0.5, 0.6) is 0 Å². The maximum atomic E-state index is 11.9. The number of hydrogen-bond acceptors (Lipinski definition) is 2. The SMILES string of the molecule is CN=C(NCCNC(=O)C(C)(C)C)N1CCC(Cc2ccccc2)C1. The lowest BCUT2D eigenvalue weighted by atomic mass is 9.96. The van der Waals surface area contributed by atoms with Gasteiger partial charge in [-0.15, -0.1) is 0 Å². The monoisotopic (exact) mass is 344 g/mol. The lowest BCUT2D eigenvalue weighted by Gasteiger charge is -2.22. The Kier molecular flexibility index (Phi) is 6.85. The summed E-state index contributed by atoms with van der Waals surface area (Å²) < 4.78 is 0. The van der Waals surface area contributed by atoms with Crippen molar-refractivity contribution in [3.05, 3.63) is 35.9 Å². The molecule has 1 aromatic rings. The van der Waals surface area contributed by atoms with E-state index in [9.17, 15) is 4.79 Å². The fraction of sp³-hybridized carbons (Fsp3) is 0.600. The molecule has 25 heavy (non-hydrogen) atoms. The first-order chi connectivity index (χ1) is 11.9. The number of aliphatic imine (C=N–C) groups is 1. The fourth-order valence-electron chi connectivity index (χ4n) is 3.09. The van der Waals surface area contributed by atoms with Gasteiger partial charge in [0.2, 0.25) is 5.91 Å². The first kappa shape index (κ1) is 19.3. The molecule has 5 nitrogen and oxygen atoms in total. The van der Waals surface area contributed by atoms with Crippen LogP contribution in [0.3, 0.4) is 0 Å². The van der Waals surface area contributed by atoms with E-state index < -0.39 is 0 Å². The van der Waals surface area contributed by atoms with E-state index in [1.165, 1.54) is 12.0 Å². The number of nitrogens with one attached hydrogen (secondary N) is 2. The van der Waals surface area contributed by atoms with Crippen molar-refractivity contribution in [3.8, 4) is 0 Å². The van der Waals surface area contributed by atoms with Gasteiger partial charge in [-0.1, -0.05) is 51.1 Å². The van der Waals surface area contributed by atoms with Crippen LogP contribution in [0, 0.1) is 11.3 Å². The summed E-state index contributed by atoms with van der Waals surface area (Å²) in [6.45, 7) is 9.13. The number of likely N-dealkylation sites (tertiary alicyclic amines) is 1. The molecule has 1 saturated heterocycles. The van der Waals surface area contributed by atoms with Crippen molar-refractivity contribution in [1.29, 1.82) is 0 Å². The molecule has 5 heteroatoms. The maximum absolute atomic E-state index is 11.9. The average Bonchev–Trinajstić information content (AvgIpc) is 3.03. The summed E-state index contributed by atoms with van der Waals surface area (Å²) in [4.78, 5) is 18.6. The number of rotatable bonds is 5. The summed E-state index contributed by atoms with van der Waals surface area (Å²) in [6.07, 6.45) is 2.31. The number of amides is 1. The van der Waals surface area contributed by atoms with E-state index in [4.69, 9.17) is 0 Å². The highest BCUT2D eigenvalue weighted by Gasteiger charge is 2.25. The molecule has 1 aromatic carbocycles. The summed E-state index contributed by atoms with van der Waals surface area (Å²) in [5, 5.41) is 6.32. The molecule has 0 saturated carbocycles. The topological polar surface area (TPSA) is 56.7 Å². The quantitative estimate of drug-likeness (QED) is 0.489. The van der Waals surface area contributed by atoms with Gasteiger partial charge >= 0.3 is 0 Å². The number of guanidine groups is 1. The Labute approximate surface area is 151 Å². The van der Waals surface area contributed by atoms with E-state index in [-0.39, 0.29) is 11.3 Å². The molecule has 0 radical (unpaired) electrons. The van der Waals surface area contributed by atoms with Gasteiger partial charge in [-0.2, -0.15) is 0 Å². The van der Waals surface area contributed by atoms with Gasteiger partial charge in [0.1, 0.15) is 0 Å². The molecule has 2 N–H and O–H groups in total. The summed E-state index contributed by atoms with van der Waals surface area (Å²) in [5.74, 6) is 1.68. The molecule has 0 aliphatic carbocycles. The molecule has 2 rings (SSSR count). The highest BCUT2D eigenvalue weighted by atomic mass is 16.2. The van der Waals surface area contributed by atoms with Crippen LogP contribution in [-0.4, -0.2) is 50.0 Å². The van der Waals surface area contributed by atoms with Crippen LogP contribution in [0.25, 0.3) is 0 Å². The zero-order valence-electron chi connectivity index (χ0n) is 16.0. The zero-order chi connectivity index (χ0) is 18.3. The van der Waals surface area contributed by atoms with Crippen molar-refractivity contribution in [1.82, 2.24) is 15.5 Å². The molecular formula is C20H32N4O. The lowest BCUT2D eigenvalue weighted by molar-refractivity contribution is -0.128. The molecule has 1 fully saturated rings. The predicted molar refractivity (Wildman–Crippen MR) is 104 cm³/mol. The number of carbonyl (C=O) groups is 1. The molecule has 1 aliphatic rings. The minimum Gasteiger partial charge on any atom is -0.354 e. The molecule has 1 amide bonds. The van der Waals surface area contributed by atoms with E-state index in [1.54, 1.807) is 0 Å². The third kappa shape index (κ3) is 6.07. The number of carbonyl (C=O) groups excluding carboxylic acids is 1. The van der Waals surface area contributed by atoms with Crippen LogP contribution in [0.4, 0.5) is 0 Å². The van der Waals surface area contributed by atoms with Crippen LogP contribution < -0.4 is 10.6 Å². The van der Waals surface area contributed by atoms with Gasteiger partial charge in [-0.25, -0.2) is 0 Å². The molecule has 1 heterocycles. The van der Waals surface area contributed by atoms with E-state index in [0.717, 1.165) is 25.5 Å². The maximum Gasteiger partial charge on any atom is 0.225 e. The average molecular weight is 345 g/mol. The second-order valence-corrected chi connectivity index (χ2v) is 7.77. The number of benzene rings is 1. The highest BCUT2D eigenvalue weighted by Crippen LogP contribution is 2.20. The second-order valence-electron chi connectivity index (χ2n) is 7.77. The van der Waals surface area contributed by atoms with Crippen LogP contribution in [0.2, 0.25) is 0 Å². The first-order valence-electron chi connectivity index (χ1n) is 9.18. The Bertz CT molecular complexity index is 577. The normalized spacial score (nSPS) is 18.3. The van der Waals surface area contributed by atoms with Gasteiger partial charge in [0, 0.05) is 38.6 Å². The summed E-state index contributed by atoms with van der Waals surface area (Å²) >= 11 is 0. The van der Waals surface area contributed by atoms with Gasteiger partial charge in [-0.3, -0.25) is 9.79 Å². The number of nitrogens with zero attached hydrogens (tertiary/aromatic N) is 2. The van der Waals surface area contributed by atoms with E-state index >= 15 is 0 Å². The standard InChI is InChI=1S/C20H32N4O/c1-20(2,3)18(25)22-11-12-23-19(21-4)24-13-10-17(15-24)14-16-8-6-5-7-9-16/h5-9,17H,10-15H2,1-4H3,(H,21,23)(H,22,25). The Morgan fingerprint density at radius 2 is 1.88 bits per heavy atom. The highest BCUT2D eigenvalue weighted by molar-refractivity contribution is 5.82. The lowest BCUT2D eigenvalue weighted by Crippen LogP contribution is -2.44. The summed E-state index contributed by atoms with van der Waals surface area (Å²) in [5.41, 5.74) is 1.06. The van der Waals surface area contributed by atoms with Crippen molar-refractivity contribution in [3.63, 3.8) is 0 Å². The largest absolute Gasteiger partial charge is 0.354 e. The Balaban J connectivity index is 1.73. The van der Waals surface area contributed by atoms with E-state index in [1.807, 2.05) is 27.8 Å². The summed E-state index contributed by atoms with van der Waals surface area (Å²) in [7, 11) is 1.82. The van der Waals surface area contributed by atoms with Crippen molar-refractivity contribution in [2.75, 3.05) is 33.2 Å². The molecular weight excluding hydrogens is 312 g/mol. The van der Waals surface area contributed by atoms with E-state index in [0.29, 0.717) is 19.0 Å². The fourth-order valence-corrected chi connectivity index (χ4v) is 3.09. The zero-order valence-corrected chi connectivity index (χ0v) is 16.0. The third-order valence-corrected chi connectivity index (χ3v) is 4.54. The van der Waals surface area contributed by atoms with E-state index in [2.05, 4.69) is 50.9 Å². The van der Waals surface area contributed by atoms with Crippen LogP contribution in [0.15, 0.2) is 35.3 Å². The molecule has 0 aromatic heterocycles. The third-order valence-electron chi connectivity index (χ3n) is 4.54. The summed E-state index contributed by atoms with van der Waals surface area (Å²) in [6, 6.07) is 10.7. The molecule has 1 aliphatic heterocycles. The van der Waals surface area contributed by atoms with Crippen molar-refractivity contribution in [2.24, 2.45) is 16.3 Å². The van der Waals surface area contributed by atoms with Crippen molar-refractivity contribution >= 4 is 11.9 Å². The van der Waals surface area contributed by atoms with Crippen LogP contribution in [0.1, 0.15) is 32.8 Å². The molecule has 138 valence electrons. The van der Waals surface area contributed by atoms with Gasteiger partial charge in [0.15, 0.2) is 5.96 Å². The minimum atomic E-state index is -0.346. The Hall–Kier alpha value is -2.04. The predicted octanol–water partition coefficient (Wildman–Crippen LogP) is 2.29.